The van der Waals surface area contributed by atoms with Crippen molar-refractivity contribution in [1.82, 2.24) is 25.0 Å². The minimum Gasteiger partial charge on any atom is -0.311 e. The summed E-state index contributed by atoms with van der Waals surface area (Å²) in [5.74, 6) is 1.07. The van der Waals surface area contributed by atoms with Crippen LogP contribution in [-0.4, -0.2) is 44.3 Å². The second kappa shape index (κ2) is 5.36. The van der Waals surface area contributed by atoms with Crippen molar-refractivity contribution in [3.05, 3.63) is 12.2 Å². The standard InChI is InChI=1S/C13H25N5/c1-5-11-7-17(13(3,4)9-14-11)8-12-15-10-16-18(12)6-2/h10-11,14H,5-9H2,1-4H3. The van der Waals surface area contributed by atoms with Gasteiger partial charge in [-0.1, -0.05) is 6.92 Å². The van der Waals surface area contributed by atoms with Crippen molar-refractivity contribution in [1.29, 1.82) is 0 Å². The summed E-state index contributed by atoms with van der Waals surface area (Å²) in [6.45, 7) is 12.8. The Morgan fingerprint density at radius 1 is 1.44 bits per heavy atom. The van der Waals surface area contributed by atoms with E-state index in [4.69, 9.17) is 0 Å². The smallest absolute Gasteiger partial charge is 0.141 e. The predicted molar refractivity (Wildman–Crippen MR) is 72.3 cm³/mol. The summed E-state index contributed by atoms with van der Waals surface area (Å²) in [4.78, 5) is 6.91. The number of rotatable bonds is 4. The first-order valence-corrected chi connectivity index (χ1v) is 6.92. The minimum atomic E-state index is 0.177. The van der Waals surface area contributed by atoms with Crippen LogP contribution in [0.25, 0.3) is 0 Å². The Kier molecular flexibility index (Phi) is 4.02. The van der Waals surface area contributed by atoms with Crippen LogP contribution in [0, 0.1) is 0 Å². The molecule has 0 amide bonds. The Balaban J connectivity index is 2.10. The molecule has 1 aliphatic rings. The molecular formula is C13H25N5. The first-order valence-electron chi connectivity index (χ1n) is 6.92. The van der Waals surface area contributed by atoms with Crippen molar-refractivity contribution in [2.75, 3.05) is 13.1 Å². The van der Waals surface area contributed by atoms with Crippen LogP contribution in [0.5, 0.6) is 0 Å². The van der Waals surface area contributed by atoms with Crippen LogP contribution in [0.3, 0.4) is 0 Å². The van der Waals surface area contributed by atoms with Crippen molar-refractivity contribution < 1.29 is 0 Å². The van der Waals surface area contributed by atoms with E-state index in [-0.39, 0.29) is 5.54 Å². The summed E-state index contributed by atoms with van der Waals surface area (Å²) in [5, 5.41) is 7.86. The highest BCUT2D eigenvalue weighted by Gasteiger charge is 2.33. The fourth-order valence-corrected chi connectivity index (χ4v) is 2.48. The lowest BCUT2D eigenvalue weighted by Gasteiger charge is -2.45. The Hall–Kier alpha value is -0.940. The van der Waals surface area contributed by atoms with E-state index in [0.717, 1.165) is 32.0 Å². The molecule has 1 aliphatic heterocycles. The number of nitrogens with zero attached hydrogens (tertiary/aromatic N) is 4. The molecule has 1 aromatic heterocycles. The highest BCUT2D eigenvalue weighted by atomic mass is 15.4. The summed E-state index contributed by atoms with van der Waals surface area (Å²) in [6, 6.07) is 0.594. The third-order valence-electron chi connectivity index (χ3n) is 3.94. The van der Waals surface area contributed by atoms with Gasteiger partial charge >= 0.3 is 0 Å². The van der Waals surface area contributed by atoms with E-state index >= 15 is 0 Å². The number of aromatic nitrogens is 3. The van der Waals surface area contributed by atoms with Gasteiger partial charge in [-0.3, -0.25) is 4.90 Å². The van der Waals surface area contributed by atoms with E-state index in [1.165, 1.54) is 6.42 Å². The molecule has 0 aliphatic carbocycles. The molecule has 1 N–H and O–H groups in total. The van der Waals surface area contributed by atoms with Gasteiger partial charge in [-0.15, -0.1) is 0 Å². The molecule has 0 aromatic carbocycles. The van der Waals surface area contributed by atoms with Gasteiger partial charge in [0.25, 0.3) is 0 Å². The Labute approximate surface area is 110 Å². The Morgan fingerprint density at radius 2 is 2.22 bits per heavy atom. The van der Waals surface area contributed by atoms with Crippen molar-refractivity contribution in [3.63, 3.8) is 0 Å². The van der Waals surface area contributed by atoms with Crippen LogP contribution in [0.2, 0.25) is 0 Å². The van der Waals surface area contributed by atoms with E-state index in [2.05, 4.69) is 48.0 Å². The molecule has 1 fully saturated rings. The molecule has 102 valence electrons. The van der Waals surface area contributed by atoms with Gasteiger partial charge in [0.1, 0.15) is 12.2 Å². The summed E-state index contributed by atoms with van der Waals surface area (Å²) >= 11 is 0. The van der Waals surface area contributed by atoms with Crippen molar-refractivity contribution in [3.8, 4) is 0 Å². The fourth-order valence-electron chi connectivity index (χ4n) is 2.48. The lowest BCUT2D eigenvalue weighted by Crippen LogP contribution is -2.61. The molecule has 1 saturated heterocycles. The maximum Gasteiger partial charge on any atom is 0.141 e. The molecule has 18 heavy (non-hydrogen) atoms. The molecule has 1 aromatic rings. The van der Waals surface area contributed by atoms with E-state index < -0.39 is 0 Å². The van der Waals surface area contributed by atoms with Crippen LogP contribution in [0.15, 0.2) is 6.33 Å². The van der Waals surface area contributed by atoms with Gasteiger partial charge in [-0.05, 0) is 27.2 Å². The van der Waals surface area contributed by atoms with Crippen LogP contribution >= 0.6 is 0 Å². The third-order valence-corrected chi connectivity index (χ3v) is 3.94. The topological polar surface area (TPSA) is 46.0 Å². The molecule has 0 spiro atoms. The SMILES string of the molecule is CCC1CN(Cc2ncnn2CC)C(C)(C)CN1. The van der Waals surface area contributed by atoms with Crippen LogP contribution < -0.4 is 5.32 Å². The monoisotopic (exact) mass is 251 g/mol. The summed E-state index contributed by atoms with van der Waals surface area (Å²) < 4.78 is 1.99. The number of hydrogen-bond donors (Lipinski definition) is 1. The van der Waals surface area contributed by atoms with E-state index in [0.29, 0.717) is 6.04 Å². The average Bonchev–Trinajstić information content (AvgIpc) is 2.79. The molecule has 0 bridgehead atoms. The van der Waals surface area contributed by atoms with Crippen molar-refractivity contribution >= 4 is 0 Å². The van der Waals surface area contributed by atoms with Gasteiger partial charge in [-0.2, -0.15) is 5.10 Å². The summed E-state index contributed by atoms with van der Waals surface area (Å²) in [7, 11) is 0. The van der Waals surface area contributed by atoms with Crippen LogP contribution in [-0.2, 0) is 13.1 Å². The second-order valence-corrected chi connectivity index (χ2v) is 5.67. The largest absolute Gasteiger partial charge is 0.311 e. The highest BCUT2D eigenvalue weighted by molar-refractivity contribution is 4.96. The zero-order chi connectivity index (χ0) is 13.2. The number of aryl methyl sites for hydroxylation is 1. The summed E-state index contributed by atoms with van der Waals surface area (Å²) in [6.07, 6.45) is 2.83. The predicted octanol–water partition coefficient (Wildman–Crippen LogP) is 1.26. The highest BCUT2D eigenvalue weighted by Crippen LogP contribution is 2.21. The average molecular weight is 251 g/mol. The molecule has 5 heteroatoms. The molecule has 1 atom stereocenters. The van der Waals surface area contributed by atoms with Crippen molar-refractivity contribution in [2.45, 2.75) is 58.8 Å². The van der Waals surface area contributed by atoms with Crippen LogP contribution in [0.1, 0.15) is 39.9 Å². The van der Waals surface area contributed by atoms with Gasteiger partial charge in [0, 0.05) is 31.2 Å². The zero-order valence-corrected chi connectivity index (χ0v) is 12.0. The van der Waals surface area contributed by atoms with Crippen molar-refractivity contribution in [2.24, 2.45) is 0 Å². The van der Waals surface area contributed by atoms with Gasteiger partial charge < -0.3 is 5.32 Å². The first-order chi connectivity index (χ1) is 8.56. The fraction of sp³-hybridized carbons (Fsp3) is 0.846. The maximum absolute atomic E-state index is 4.39. The summed E-state index contributed by atoms with van der Waals surface area (Å²) in [5.41, 5.74) is 0.177. The lowest BCUT2D eigenvalue weighted by molar-refractivity contribution is 0.0540. The van der Waals surface area contributed by atoms with E-state index in [1.807, 2.05) is 4.68 Å². The van der Waals surface area contributed by atoms with Crippen LogP contribution in [0.4, 0.5) is 0 Å². The molecule has 2 rings (SSSR count). The number of hydrogen-bond acceptors (Lipinski definition) is 4. The molecule has 2 heterocycles. The maximum atomic E-state index is 4.39. The van der Waals surface area contributed by atoms with Gasteiger partial charge in [-0.25, -0.2) is 9.67 Å². The third kappa shape index (κ3) is 2.72. The molecule has 0 saturated carbocycles. The minimum absolute atomic E-state index is 0.177. The molecular weight excluding hydrogens is 226 g/mol. The molecule has 1 unspecified atom stereocenters. The molecule has 0 radical (unpaired) electrons. The lowest BCUT2D eigenvalue weighted by atomic mass is 9.96. The van der Waals surface area contributed by atoms with Gasteiger partial charge in [0.2, 0.25) is 0 Å². The normalized spacial score (nSPS) is 24.3. The molecule has 5 nitrogen and oxygen atoms in total. The first kappa shape index (κ1) is 13.5. The number of nitrogens with one attached hydrogen (secondary N) is 1. The van der Waals surface area contributed by atoms with Gasteiger partial charge in [0.15, 0.2) is 0 Å². The quantitative estimate of drug-likeness (QED) is 0.875. The number of piperazine rings is 1. The second-order valence-electron chi connectivity index (χ2n) is 5.67. The Morgan fingerprint density at radius 3 is 2.89 bits per heavy atom. The van der Waals surface area contributed by atoms with E-state index in [1.54, 1.807) is 6.33 Å². The van der Waals surface area contributed by atoms with Gasteiger partial charge in [0.05, 0.1) is 6.54 Å². The zero-order valence-electron chi connectivity index (χ0n) is 12.0. The van der Waals surface area contributed by atoms with E-state index in [9.17, 15) is 0 Å². The Bertz CT molecular complexity index is 384.